The summed E-state index contributed by atoms with van der Waals surface area (Å²) in [5.74, 6) is -2.10. The molecule has 3 atom stereocenters. The number of non-ortho nitro benzene ring substituents is 2. The lowest BCUT2D eigenvalue weighted by molar-refractivity contribution is -0.385. The summed E-state index contributed by atoms with van der Waals surface area (Å²) in [5.41, 5.74) is 1.23. The van der Waals surface area contributed by atoms with Crippen molar-refractivity contribution in [3.63, 3.8) is 0 Å². The van der Waals surface area contributed by atoms with Gasteiger partial charge in [0.25, 0.3) is 11.4 Å². The van der Waals surface area contributed by atoms with Gasteiger partial charge in [-0.05, 0) is 61.7 Å². The molecule has 240 valence electrons. The van der Waals surface area contributed by atoms with E-state index in [-0.39, 0.29) is 54.1 Å². The first kappa shape index (κ1) is 34.7. The van der Waals surface area contributed by atoms with Gasteiger partial charge in [0, 0.05) is 43.0 Å². The molecule has 2 aromatic rings. The number of amides is 2. The van der Waals surface area contributed by atoms with E-state index >= 15 is 0 Å². The number of allylic oxidation sites excluding steroid dienone is 1. The van der Waals surface area contributed by atoms with Gasteiger partial charge in [-0.3, -0.25) is 29.8 Å². The first-order valence-corrected chi connectivity index (χ1v) is 14.7. The van der Waals surface area contributed by atoms with E-state index in [9.17, 15) is 44.5 Å². The number of hydrogen-bond donors (Lipinski definition) is 2. The highest BCUT2D eigenvalue weighted by Gasteiger charge is 2.53. The number of likely N-dealkylation sites (tertiary alicyclic amines) is 1. The minimum absolute atomic E-state index is 0.0564. The van der Waals surface area contributed by atoms with Crippen LogP contribution in [0.3, 0.4) is 0 Å². The normalized spacial score (nSPS) is 16.2. The average Bonchev–Trinajstić information content (AvgIpc) is 2.99. The predicted octanol–water partition coefficient (Wildman–Crippen LogP) is 3.62. The number of carbonyl (C=O) groups excluding carboxylic acids is 4. The first-order valence-electron chi connectivity index (χ1n) is 13.7. The molecular weight excluding hydrogens is 612 g/mol. The molecular formula is C29H32N4O11S. The number of thioether (sulfide) groups is 1. The Morgan fingerprint density at radius 2 is 1.47 bits per heavy atom. The fourth-order valence-electron chi connectivity index (χ4n) is 4.53. The second kappa shape index (κ2) is 15.8. The van der Waals surface area contributed by atoms with Gasteiger partial charge in [0.2, 0.25) is 5.91 Å². The van der Waals surface area contributed by atoms with Crippen LogP contribution in [0.2, 0.25) is 0 Å². The Bertz CT molecular complexity index is 1470. The van der Waals surface area contributed by atoms with Crippen molar-refractivity contribution in [2.45, 2.75) is 52.6 Å². The highest BCUT2D eigenvalue weighted by molar-refractivity contribution is 8.13. The summed E-state index contributed by atoms with van der Waals surface area (Å²) in [6.45, 7) is 4.39. The summed E-state index contributed by atoms with van der Waals surface area (Å²) < 4.78 is 10.4. The number of alkyl carbamates (subject to hydrolysis) is 1. The summed E-state index contributed by atoms with van der Waals surface area (Å²) in [4.78, 5) is 72.5. The van der Waals surface area contributed by atoms with Gasteiger partial charge in [0.1, 0.15) is 18.9 Å². The van der Waals surface area contributed by atoms with E-state index in [1.54, 1.807) is 13.8 Å². The number of nitro benzene ring substituents is 2. The number of nitrogens with one attached hydrogen (secondary N) is 1. The number of nitrogens with zero attached hydrogens (tertiary/aromatic N) is 3. The van der Waals surface area contributed by atoms with Gasteiger partial charge < -0.3 is 24.8 Å². The summed E-state index contributed by atoms with van der Waals surface area (Å²) >= 11 is 0.898. The van der Waals surface area contributed by atoms with E-state index in [4.69, 9.17) is 9.47 Å². The highest BCUT2D eigenvalue weighted by Crippen LogP contribution is 2.38. The summed E-state index contributed by atoms with van der Waals surface area (Å²) in [6, 6.07) is 10.1. The second-order valence-corrected chi connectivity index (χ2v) is 11.4. The molecule has 0 unspecified atom stereocenters. The van der Waals surface area contributed by atoms with Crippen LogP contribution in [0.5, 0.6) is 0 Å². The van der Waals surface area contributed by atoms with Gasteiger partial charge in [-0.15, -0.1) is 0 Å². The Morgan fingerprint density at radius 1 is 0.956 bits per heavy atom. The second-order valence-electron chi connectivity index (χ2n) is 10.2. The smallest absolute Gasteiger partial charge is 0.407 e. The molecule has 16 heteroatoms. The molecule has 1 aliphatic heterocycles. The van der Waals surface area contributed by atoms with Crippen LogP contribution in [-0.2, 0) is 37.1 Å². The molecule has 1 heterocycles. The average molecular weight is 645 g/mol. The zero-order valence-electron chi connectivity index (χ0n) is 24.7. The highest BCUT2D eigenvalue weighted by atomic mass is 32.2. The van der Waals surface area contributed by atoms with Gasteiger partial charge >= 0.3 is 12.1 Å². The molecule has 0 radical (unpaired) electrons. The Balaban J connectivity index is 1.52. The van der Waals surface area contributed by atoms with Crippen molar-refractivity contribution in [1.82, 2.24) is 10.2 Å². The van der Waals surface area contributed by atoms with Crippen molar-refractivity contribution < 1.29 is 43.6 Å². The van der Waals surface area contributed by atoms with Gasteiger partial charge in [-0.1, -0.05) is 11.8 Å². The van der Waals surface area contributed by atoms with E-state index in [1.807, 2.05) is 0 Å². The molecule has 15 nitrogen and oxygen atoms in total. The number of hydrogen-bond acceptors (Lipinski definition) is 12. The molecule has 1 aliphatic rings. The van der Waals surface area contributed by atoms with Crippen molar-refractivity contribution in [2.24, 2.45) is 5.92 Å². The van der Waals surface area contributed by atoms with Crippen molar-refractivity contribution in [3.8, 4) is 0 Å². The van der Waals surface area contributed by atoms with Gasteiger partial charge in [0.05, 0.1) is 27.9 Å². The number of aliphatic hydroxyl groups excluding tert-OH is 1. The first-order chi connectivity index (χ1) is 21.3. The lowest BCUT2D eigenvalue weighted by Gasteiger charge is -2.48. The molecule has 1 fully saturated rings. The fourth-order valence-corrected chi connectivity index (χ4v) is 5.25. The van der Waals surface area contributed by atoms with E-state index in [0.29, 0.717) is 16.7 Å². The number of ether oxygens (including phenoxy) is 2. The Labute approximate surface area is 261 Å². The van der Waals surface area contributed by atoms with Crippen LogP contribution in [0.25, 0.3) is 0 Å². The molecule has 1 saturated heterocycles. The number of aliphatic hydroxyl groups is 1. The molecule has 2 aromatic carbocycles. The quantitative estimate of drug-likeness (QED) is 0.0755. The van der Waals surface area contributed by atoms with Crippen LogP contribution in [0.15, 0.2) is 59.8 Å². The number of rotatable bonds is 14. The molecule has 0 bridgehead atoms. The molecule has 0 spiro atoms. The van der Waals surface area contributed by atoms with Crippen molar-refractivity contribution in [2.75, 3.05) is 12.3 Å². The maximum Gasteiger partial charge on any atom is 0.407 e. The van der Waals surface area contributed by atoms with Crippen LogP contribution in [0.1, 0.15) is 38.3 Å². The zero-order chi connectivity index (χ0) is 33.3. The molecule has 0 saturated carbocycles. The van der Waals surface area contributed by atoms with Gasteiger partial charge in [-0.2, -0.15) is 0 Å². The minimum atomic E-state index is -1.08. The Morgan fingerprint density at radius 3 is 1.93 bits per heavy atom. The standard InChI is InChI=1S/C29H32N4O11S/c1-17(2)26(28(37)43-15-19-4-8-21(9-5-19)32(39)40)31-23(25(18(3)34)27(31)36)14-24(35)45-13-12-30-29(38)44-16-20-6-10-22(11-7-20)33(41)42/h4-11,18,23,25,34H,12-16H2,1-3H3,(H,30,38)/t18-,23-,25-/m1/s1. The van der Waals surface area contributed by atoms with Crippen molar-refractivity contribution in [3.05, 3.63) is 91.2 Å². The van der Waals surface area contributed by atoms with E-state index in [1.165, 1.54) is 55.5 Å². The van der Waals surface area contributed by atoms with Gasteiger partial charge in [0.15, 0.2) is 5.12 Å². The molecule has 2 amide bonds. The number of β-lactam (4-membered cyclic amide) rings is 1. The van der Waals surface area contributed by atoms with Gasteiger partial charge in [-0.25, -0.2) is 9.59 Å². The number of benzene rings is 2. The third-order valence-electron chi connectivity index (χ3n) is 6.74. The van der Waals surface area contributed by atoms with E-state index in [0.717, 1.165) is 16.7 Å². The SMILES string of the molecule is CC(C)=C(C(=O)OCc1ccc([N+](=O)[O-])cc1)N1C(=O)[C@H]([C@@H](C)O)[C@H]1CC(=O)SCCNC(=O)OCc1ccc([N+](=O)[O-])cc1. The lowest BCUT2D eigenvalue weighted by Crippen LogP contribution is -2.64. The van der Waals surface area contributed by atoms with Crippen LogP contribution in [0.4, 0.5) is 16.2 Å². The molecule has 45 heavy (non-hydrogen) atoms. The maximum absolute atomic E-state index is 13.1. The number of carbonyl (C=O) groups is 4. The van der Waals surface area contributed by atoms with Crippen LogP contribution < -0.4 is 5.32 Å². The van der Waals surface area contributed by atoms with Crippen LogP contribution in [0, 0.1) is 26.1 Å². The minimum Gasteiger partial charge on any atom is -0.456 e. The van der Waals surface area contributed by atoms with E-state index < -0.39 is 45.9 Å². The summed E-state index contributed by atoms with van der Waals surface area (Å²) in [5, 5.41) is 34.0. The van der Waals surface area contributed by atoms with Crippen molar-refractivity contribution in [1.29, 1.82) is 0 Å². The molecule has 3 rings (SSSR count). The molecule has 2 N–H and O–H groups in total. The van der Waals surface area contributed by atoms with Crippen LogP contribution in [-0.4, -0.2) is 67.4 Å². The largest absolute Gasteiger partial charge is 0.456 e. The third-order valence-corrected chi connectivity index (χ3v) is 7.64. The van der Waals surface area contributed by atoms with Crippen LogP contribution >= 0.6 is 11.8 Å². The predicted molar refractivity (Wildman–Crippen MR) is 160 cm³/mol. The Hall–Kier alpha value is -4.83. The zero-order valence-corrected chi connectivity index (χ0v) is 25.5. The van der Waals surface area contributed by atoms with Crippen molar-refractivity contribution >= 4 is 46.2 Å². The lowest BCUT2D eigenvalue weighted by atomic mass is 9.80. The number of esters is 1. The Kier molecular flexibility index (Phi) is 12.1. The summed E-state index contributed by atoms with van der Waals surface area (Å²) in [7, 11) is 0. The third kappa shape index (κ3) is 9.33. The molecule has 0 aliphatic carbocycles. The van der Waals surface area contributed by atoms with E-state index in [2.05, 4.69) is 5.32 Å². The summed E-state index contributed by atoms with van der Waals surface area (Å²) in [6.07, 6.45) is -2.01. The monoisotopic (exact) mass is 644 g/mol. The fraction of sp³-hybridized carbons (Fsp3) is 0.379. The molecule has 0 aromatic heterocycles. The maximum atomic E-state index is 13.1. The number of nitro groups is 2. The topological polar surface area (TPSA) is 209 Å².